The van der Waals surface area contributed by atoms with Crippen molar-refractivity contribution in [3.05, 3.63) is 29.8 Å². The van der Waals surface area contributed by atoms with Crippen LogP contribution in [0.15, 0.2) is 18.6 Å². The minimum atomic E-state index is -0.0485. The Morgan fingerprint density at radius 3 is 3.00 bits per heavy atom. The first-order valence-electron chi connectivity index (χ1n) is 4.26. The highest BCUT2D eigenvalue weighted by atomic mass is 32.1. The normalized spacial score (nSPS) is 13.0. The molecule has 0 aliphatic rings. The molecule has 2 N–H and O–H groups in total. The summed E-state index contributed by atoms with van der Waals surface area (Å²) in [5.41, 5.74) is 7.95. The van der Waals surface area contributed by atoms with Gasteiger partial charge in [0.25, 0.3) is 0 Å². The van der Waals surface area contributed by atoms with Gasteiger partial charge in [0.1, 0.15) is 0 Å². The summed E-state index contributed by atoms with van der Waals surface area (Å²) in [6, 6.07) is -0.0485. The molecule has 0 aromatic carbocycles. The maximum absolute atomic E-state index is 5.98. The van der Waals surface area contributed by atoms with E-state index in [0.717, 1.165) is 11.3 Å². The second-order valence-electron chi connectivity index (χ2n) is 3.16. The van der Waals surface area contributed by atoms with Crippen molar-refractivity contribution in [2.75, 3.05) is 0 Å². The molecule has 0 aliphatic carbocycles. The molecule has 5 nitrogen and oxygen atoms in total. The average molecular weight is 209 g/mol. The molecule has 0 bridgehead atoms. The monoisotopic (exact) mass is 209 g/mol. The van der Waals surface area contributed by atoms with Gasteiger partial charge in [-0.15, -0.1) is 0 Å². The van der Waals surface area contributed by atoms with Gasteiger partial charge in [-0.05, 0) is 0 Å². The molecule has 0 amide bonds. The quantitative estimate of drug-likeness (QED) is 0.799. The Morgan fingerprint density at radius 2 is 2.43 bits per heavy atom. The van der Waals surface area contributed by atoms with Crippen LogP contribution in [0.1, 0.15) is 17.3 Å². The summed E-state index contributed by atoms with van der Waals surface area (Å²) >= 11 is 1.21. The summed E-state index contributed by atoms with van der Waals surface area (Å²) in [6.07, 6.45) is 6.16. The van der Waals surface area contributed by atoms with Gasteiger partial charge in [-0.2, -0.15) is 13.8 Å². The number of hydrogen-bond acceptors (Lipinski definition) is 5. The Morgan fingerprint density at radius 1 is 1.57 bits per heavy atom. The van der Waals surface area contributed by atoms with Crippen LogP contribution in [0.25, 0.3) is 0 Å². The van der Waals surface area contributed by atoms with Crippen LogP contribution in [0.2, 0.25) is 0 Å². The van der Waals surface area contributed by atoms with Crippen molar-refractivity contribution in [2.24, 2.45) is 12.8 Å². The molecule has 0 aliphatic heterocycles. The zero-order valence-electron chi connectivity index (χ0n) is 7.79. The Balaban J connectivity index is 2.06. The van der Waals surface area contributed by atoms with Crippen molar-refractivity contribution < 1.29 is 0 Å². The van der Waals surface area contributed by atoms with E-state index in [9.17, 15) is 0 Å². The minimum Gasteiger partial charge on any atom is -0.324 e. The molecular formula is C8H11N5S. The van der Waals surface area contributed by atoms with Crippen LogP contribution in [-0.4, -0.2) is 18.5 Å². The molecule has 6 heteroatoms. The van der Waals surface area contributed by atoms with Crippen molar-refractivity contribution in [3.63, 3.8) is 0 Å². The van der Waals surface area contributed by atoms with E-state index in [1.807, 2.05) is 13.2 Å². The molecule has 0 saturated heterocycles. The number of aryl methyl sites for hydroxylation is 1. The Bertz CT molecular complexity index is 394. The lowest BCUT2D eigenvalue weighted by Gasteiger charge is -2.05. The van der Waals surface area contributed by atoms with E-state index < -0.39 is 0 Å². The maximum Gasteiger partial charge on any atom is 0.0761 e. The van der Waals surface area contributed by atoms with Gasteiger partial charge in [0.2, 0.25) is 0 Å². The van der Waals surface area contributed by atoms with Gasteiger partial charge >= 0.3 is 0 Å². The third-order valence-corrected chi connectivity index (χ3v) is 2.50. The molecule has 2 heterocycles. The van der Waals surface area contributed by atoms with E-state index >= 15 is 0 Å². The van der Waals surface area contributed by atoms with E-state index in [2.05, 4.69) is 13.8 Å². The fraction of sp³-hybridized carbons (Fsp3) is 0.375. The molecule has 1 unspecified atom stereocenters. The fourth-order valence-corrected chi connectivity index (χ4v) is 1.69. The number of hydrogen-bond donors (Lipinski definition) is 1. The van der Waals surface area contributed by atoms with Gasteiger partial charge in [0.05, 0.1) is 29.8 Å². The Kier molecular flexibility index (Phi) is 2.55. The first-order valence-corrected chi connectivity index (χ1v) is 4.99. The van der Waals surface area contributed by atoms with E-state index in [0.29, 0.717) is 6.42 Å². The van der Waals surface area contributed by atoms with Crippen LogP contribution in [0, 0.1) is 0 Å². The average Bonchev–Trinajstić information content (AvgIpc) is 2.75. The van der Waals surface area contributed by atoms with Gasteiger partial charge < -0.3 is 5.73 Å². The van der Waals surface area contributed by atoms with Crippen LogP contribution in [-0.2, 0) is 13.5 Å². The van der Waals surface area contributed by atoms with Crippen molar-refractivity contribution in [1.29, 1.82) is 0 Å². The van der Waals surface area contributed by atoms with Crippen LogP contribution >= 0.6 is 11.7 Å². The lowest BCUT2D eigenvalue weighted by molar-refractivity contribution is 0.708. The molecule has 2 aromatic rings. The van der Waals surface area contributed by atoms with Crippen LogP contribution in [0.5, 0.6) is 0 Å². The number of nitrogens with zero attached hydrogens (tertiary/aromatic N) is 4. The van der Waals surface area contributed by atoms with Crippen LogP contribution in [0.4, 0.5) is 0 Å². The minimum absolute atomic E-state index is 0.0485. The fourth-order valence-electron chi connectivity index (χ4n) is 1.25. The smallest absolute Gasteiger partial charge is 0.0761 e. The topological polar surface area (TPSA) is 69.6 Å². The summed E-state index contributed by atoms with van der Waals surface area (Å²) in [6.45, 7) is 0. The first-order chi connectivity index (χ1) is 6.75. The lowest BCUT2D eigenvalue weighted by atomic mass is 10.1. The molecule has 14 heavy (non-hydrogen) atoms. The van der Waals surface area contributed by atoms with E-state index in [-0.39, 0.29) is 6.04 Å². The molecule has 0 fully saturated rings. The van der Waals surface area contributed by atoms with Crippen molar-refractivity contribution in [1.82, 2.24) is 18.5 Å². The second-order valence-corrected chi connectivity index (χ2v) is 3.71. The summed E-state index contributed by atoms with van der Waals surface area (Å²) in [5, 5.41) is 4.07. The highest BCUT2D eigenvalue weighted by molar-refractivity contribution is 6.99. The SMILES string of the molecule is Cn1cc(C(N)Cc2cnsn2)cn1. The number of nitrogens with two attached hydrogens (primary N) is 1. The summed E-state index contributed by atoms with van der Waals surface area (Å²) in [5.74, 6) is 0. The molecule has 2 aromatic heterocycles. The lowest BCUT2D eigenvalue weighted by Crippen LogP contribution is -2.12. The van der Waals surface area contributed by atoms with E-state index in [1.165, 1.54) is 11.7 Å². The van der Waals surface area contributed by atoms with Crippen molar-refractivity contribution in [2.45, 2.75) is 12.5 Å². The predicted molar refractivity (Wildman–Crippen MR) is 53.7 cm³/mol. The number of aromatic nitrogens is 4. The van der Waals surface area contributed by atoms with Gasteiger partial charge in [-0.1, -0.05) is 0 Å². The zero-order valence-corrected chi connectivity index (χ0v) is 8.61. The van der Waals surface area contributed by atoms with Gasteiger partial charge in [-0.3, -0.25) is 4.68 Å². The summed E-state index contributed by atoms with van der Waals surface area (Å²) in [4.78, 5) is 0. The first kappa shape index (κ1) is 9.29. The Labute approximate surface area is 85.9 Å². The zero-order chi connectivity index (χ0) is 9.97. The molecular weight excluding hydrogens is 198 g/mol. The molecule has 0 spiro atoms. The molecule has 2 rings (SSSR count). The third kappa shape index (κ3) is 1.97. The van der Waals surface area contributed by atoms with E-state index in [1.54, 1.807) is 17.1 Å². The highest BCUT2D eigenvalue weighted by Gasteiger charge is 2.10. The Hall–Kier alpha value is -1.27. The van der Waals surface area contributed by atoms with Crippen molar-refractivity contribution in [3.8, 4) is 0 Å². The summed E-state index contributed by atoms with van der Waals surface area (Å²) in [7, 11) is 1.88. The highest BCUT2D eigenvalue weighted by Crippen LogP contribution is 2.13. The number of rotatable bonds is 3. The molecule has 0 radical (unpaired) electrons. The van der Waals surface area contributed by atoms with Gasteiger partial charge in [-0.25, -0.2) is 0 Å². The van der Waals surface area contributed by atoms with Crippen LogP contribution < -0.4 is 5.73 Å². The van der Waals surface area contributed by atoms with Crippen LogP contribution in [0.3, 0.4) is 0 Å². The standard InChI is InChI=1S/C8H11N5S/c1-13-5-6(3-10-13)8(9)2-7-4-11-14-12-7/h3-5,8H,2,9H2,1H3. The maximum atomic E-state index is 5.98. The van der Waals surface area contributed by atoms with Gasteiger partial charge in [0.15, 0.2) is 0 Å². The predicted octanol–water partition coefficient (Wildman–Crippen LogP) is 0.514. The third-order valence-electron chi connectivity index (χ3n) is 1.99. The second kappa shape index (κ2) is 3.85. The summed E-state index contributed by atoms with van der Waals surface area (Å²) < 4.78 is 9.78. The molecule has 0 saturated carbocycles. The van der Waals surface area contributed by atoms with E-state index in [4.69, 9.17) is 5.73 Å². The van der Waals surface area contributed by atoms with Crippen molar-refractivity contribution >= 4 is 11.7 Å². The molecule has 74 valence electrons. The van der Waals surface area contributed by atoms with Gasteiger partial charge in [0, 0.05) is 31.3 Å². The largest absolute Gasteiger partial charge is 0.324 e. The molecule has 1 atom stereocenters.